The highest BCUT2D eigenvalue weighted by Crippen LogP contribution is 2.35. The minimum Gasteiger partial charge on any atom is -0.482 e. The van der Waals surface area contributed by atoms with Crippen molar-refractivity contribution in [1.82, 2.24) is 0 Å². The Labute approximate surface area is 118 Å². The molecule has 0 unspecified atom stereocenters. The molecule has 20 heavy (non-hydrogen) atoms. The first-order chi connectivity index (χ1) is 9.51. The van der Waals surface area contributed by atoms with Crippen molar-refractivity contribution in [2.75, 3.05) is 23.4 Å². The van der Waals surface area contributed by atoms with Crippen LogP contribution in [0.1, 0.15) is 27.2 Å². The molecule has 1 heterocycles. The van der Waals surface area contributed by atoms with E-state index in [-0.39, 0.29) is 18.4 Å². The van der Waals surface area contributed by atoms with Crippen molar-refractivity contribution < 1.29 is 14.3 Å². The number of anilines is 2. The average molecular weight is 276 g/mol. The minimum absolute atomic E-state index is 0.0508. The van der Waals surface area contributed by atoms with E-state index >= 15 is 0 Å². The summed E-state index contributed by atoms with van der Waals surface area (Å²) in [5.74, 6) is 0.937. The third-order valence-electron chi connectivity index (χ3n) is 3.05. The van der Waals surface area contributed by atoms with E-state index in [1.807, 2.05) is 0 Å². The van der Waals surface area contributed by atoms with Gasteiger partial charge in [0.1, 0.15) is 5.75 Å². The van der Waals surface area contributed by atoms with E-state index in [1.165, 1.54) is 0 Å². The van der Waals surface area contributed by atoms with Crippen LogP contribution in [0.2, 0.25) is 0 Å². The summed E-state index contributed by atoms with van der Waals surface area (Å²) in [6, 6.07) is 5.37. The van der Waals surface area contributed by atoms with Crippen molar-refractivity contribution in [2.24, 2.45) is 5.92 Å². The molecule has 0 saturated carbocycles. The lowest BCUT2D eigenvalue weighted by atomic mass is 10.1. The van der Waals surface area contributed by atoms with Crippen molar-refractivity contribution in [1.29, 1.82) is 0 Å². The first-order valence-electron chi connectivity index (χ1n) is 6.88. The van der Waals surface area contributed by atoms with Gasteiger partial charge in [-0.05, 0) is 24.1 Å². The number of hydrogen-bond donors (Lipinski definition) is 1. The van der Waals surface area contributed by atoms with Crippen LogP contribution in [0.15, 0.2) is 18.2 Å². The van der Waals surface area contributed by atoms with Crippen molar-refractivity contribution in [3.05, 3.63) is 18.2 Å². The van der Waals surface area contributed by atoms with E-state index in [1.54, 1.807) is 30.0 Å². The zero-order chi connectivity index (χ0) is 14.7. The summed E-state index contributed by atoms with van der Waals surface area (Å²) in [5, 5.41) is 2.80. The standard InChI is InChI=1S/C15H20N2O3/c1-4-14(18)16-11-5-6-13-12(7-11)17(8-10(2)3)15(19)9-20-13/h5-7,10H,4,8-9H2,1-3H3,(H,16,18). The SMILES string of the molecule is CCC(=O)Nc1ccc2c(c1)N(CC(C)C)C(=O)CO2. The van der Waals surface area contributed by atoms with E-state index in [9.17, 15) is 9.59 Å². The van der Waals surface area contributed by atoms with Gasteiger partial charge in [0.15, 0.2) is 6.61 Å². The lowest BCUT2D eigenvalue weighted by molar-refractivity contribution is -0.121. The third kappa shape index (κ3) is 3.10. The van der Waals surface area contributed by atoms with Crippen molar-refractivity contribution >= 4 is 23.2 Å². The maximum atomic E-state index is 12.0. The highest BCUT2D eigenvalue weighted by molar-refractivity contribution is 5.99. The first-order valence-corrected chi connectivity index (χ1v) is 6.88. The fourth-order valence-corrected chi connectivity index (χ4v) is 2.09. The Hall–Kier alpha value is -2.04. The van der Waals surface area contributed by atoms with E-state index in [4.69, 9.17) is 4.74 Å². The number of nitrogens with zero attached hydrogens (tertiary/aromatic N) is 1. The normalized spacial score (nSPS) is 14.0. The first kappa shape index (κ1) is 14.4. The molecule has 0 fully saturated rings. The molecule has 2 rings (SSSR count). The van der Waals surface area contributed by atoms with E-state index in [0.717, 1.165) is 5.69 Å². The topological polar surface area (TPSA) is 58.6 Å². The summed E-state index contributed by atoms with van der Waals surface area (Å²) in [6.45, 7) is 6.63. The zero-order valence-electron chi connectivity index (χ0n) is 12.1. The quantitative estimate of drug-likeness (QED) is 0.918. The molecule has 0 atom stereocenters. The number of ether oxygens (including phenoxy) is 1. The van der Waals surface area contributed by atoms with Crippen molar-refractivity contribution in [2.45, 2.75) is 27.2 Å². The van der Waals surface area contributed by atoms with Crippen LogP contribution in [-0.4, -0.2) is 25.0 Å². The van der Waals surface area contributed by atoms with Crippen molar-refractivity contribution in [3.63, 3.8) is 0 Å². The van der Waals surface area contributed by atoms with Gasteiger partial charge in [0, 0.05) is 18.7 Å². The second-order valence-corrected chi connectivity index (χ2v) is 5.27. The Kier molecular flexibility index (Phi) is 4.27. The number of fused-ring (bicyclic) bond motifs is 1. The molecular formula is C15H20N2O3. The van der Waals surface area contributed by atoms with Crippen LogP contribution in [0.3, 0.4) is 0 Å². The number of nitrogens with one attached hydrogen (secondary N) is 1. The fraction of sp³-hybridized carbons (Fsp3) is 0.467. The number of hydrogen-bond acceptors (Lipinski definition) is 3. The summed E-state index contributed by atoms with van der Waals surface area (Å²) >= 11 is 0. The second kappa shape index (κ2) is 5.94. The monoisotopic (exact) mass is 276 g/mol. The Morgan fingerprint density at radius 3 is 2.85 bits per heavy atom. The summed E-state index contributed by atoms with van der Waals surface area (Å²) in [7, 11) is 0. The van der Waals surface area contributed by atoms with E-state index in [0.29, 0.717) is 30.3 Å². The Balaban J connectivity index is 2.30. The predicted molar refractivity (Wildman–Crippen MR) is 78.0 cm³/mol. The summed E-state index contributed by atoms with van der Waals surface area (Å²) in [5.41, 5.74) is 1.41. The maximum Gasteiger partial charge on any atom is 0.265 e. The lowest BCUT2D eigenvalue weighted by Crippen LogP contribution is -2.41. The fourth-order valence-electron chi connectivity index (χ4n) is 2.09. The molecule has 0 saturated heterocycles. The third-order valence-corrected chi connectivity index (χ3v) is 3.05. The molecule has 0 aromatic heterocycles. The van der Waals surface area contributed by atoms with Crippen molar-refractivity contribution in [3.8, 4) is 5.75 Å². The maximum absolute atomic E-state index is 12.0. The summed E-state index contributed by atoms with van der Waals surface area (Å²) in [4.78, 5) is 25.2. The molecule has 5 nitrogen and oxygen atoms in total. The molecule has 0 spiro atoms. The van der Waals surface area contributed by atoms with Gasteiger partial charge in [-0.15, -0.1) is 0 Å². The van der Waals surface area contributed by atoms with Crippen LogP contribution in [0.25, 0.3) is 0 Å². The molecule has 5 heteroatoms. The molecule has 0 radical (unpaired) electrons. The molecule has 108 valence electrons. The Morgan fingerprint density at radius 2 is 2.20 bits per heavy atom. The van der Waals surface area contributed by atoms with Gasteiger partial charge in [0.05, 0.1) is 5.69 Å². The highest BCUT2D eigenvalue weighted by Gasteiger charge is 2.26. The van der Waals surface area contributed by atoms with Gasteiger partial charge < -0.3 is 15.0 Å². The van der Waals surface area contributed by atoms with Crippen LogP contribution < -0.4 is 15.0 Å². The molecule has 0 bridgehead atoms. The van der Waals surface area contributed by atoms with E-state index < -0.39 is 0 Å². The van der Waals surface area contributed by atoms with Gasteiger partial charge in [0.2, 0.25) is 5.91 Å². The summed E-state index contributed by atoms with van der Waals surface area (Å²) in [6.07, 6.45) is 0.419. The number of rotatable bonds is 4. The molecule has 1 N–H and O–H groups in total. The molecule has 2 amide bonds. The number of carbonyl (C=O) groups excluding carboxylic acids is 2. The van der Waals surface area contributed by atoms with Gasteiger partial charge in [0.25, 0.3) is 5.91 Å². The van der Waals surface area contributed by atoms with Crippen LogP contribution in [-0.2, 0) is 9.59 Å². The molecule has 1 aromatic carbocycles. The average Bonchev–Trinajstić information content (AvgIpc) is 2.41. The van der Waals surface area contributed by atoms with Gasteiger partial charge in [-0.2, -0.15) is 0 Å². The van der Waals surface area contributed by atoms with Crippen LogP contribution >= 0.6 is 0 Å². The van der Waals surface area contributed by atoms with Crippen LogP contribution in [0.4, 0.5) is 11.4 Å². The Morgan fingerprint density at radius 1 is 1.45 bits per heavy atom. The molecule has 1 aliphatic heterocycles. The van der Waals surface area contributed by atoms with Gasteiger partial charge in [-0.1, -0.05) is 20.8 Å². The minimum atomic E-state index is -0.0524. The summed E-state index contributed by atoms with van der Waals surface area (Å²) < 4.78 is 5.43. The zero-order valence-corrected chi connectivity index (χ0v) is 12.1. The number of benzene rings is 1. The second-order valence-electron chi connectivity index (χ2n) is 5.27. The van der Waals surface area contributed by atoms with Gasteiger partial charge >= 0.3 is 0 Å². The number of carbonyl (C=O) groups is 2. The molecule has 1 aromatic rings. The largest absolute Gasteiger partial charge is 0.482 e. The molecule has 1 aliphatic rings. The lowest BCUT2D eigenvalue weighted by Gasteiger charge is -2.31. The highest BCUT2D eigenvalue weighted by atomic mass is 16.5. The van der Waals surface area contributed by atoms with Crippen LogP contribution in [0.5, 0.6) is 5.75 Å². The van der Waals surface area contributed by atoms with Gasteiger partial charge in [-0.25, -0.2) is 0 Å². The van der Waals surface area contributed by atoms with E-state index in [2.05, 4.69) is 19.2 Å². The Bertz CT molecular complexity index is 526. The molecular weight excluding hydrogens is 256 g/mol. The van der Waals surface area contributed by atoms with Gasteiger partial charge in [-0.3, -0.25) is 9.59 Å². The number of amides is 2. The smallest absolute Gasteiger partial charge is 0.265 e. The molecule has 0 aliphatic carbocycles. The van der Waals surface area contributed by atoms with Crippen LogP contribution in [0, 0.1) is 5.92 Å². The predicted octanol–water partition coefficient (Wildman–Crippen LogP) is 2.42.